The largest absolute Gasteiger partial charge is 0.351 e. The Kier molecular flexibility index (Phi) is 3.88. The number of aryl methyl sites for hydroxylation is 1. The van der Waals surface area contributed by atoms with Crippen molar-refractivity contribution in [1.82, 2.24) is 24.7 Å². The van der Waals surface area contributed by atoms with Crippen molar-refractivity contribution in [3.8, 4) is 11.4 Å². The molecule has 1 saturated heterocycles. The first-order chi connectivity index (χ1) is 12.9. The van der Waals surface area contributed by atoms with E-state index in [9.17, 15) is 0 Å². The first-order valence-corrected chi connectivity index (χ1v) is 9.43. The van der Waals surface area contributed by atoms with Crippen LogP contribution in [-0.4, -0.2) is 37.3 Å². The van der Waals surface area contributed by atoms with Crippen molar-refractivity contribution in [2.24, 2.45) is 0 Å². The minimum atomic E-state index is 0.444. The van der Waals surface area contributed by atoms with Gasteiger partial charge in [-0.25, -0.2) is 9.97 Å². The topological polar surface area (TPSA) is 59.7 Å². The Hall–Kier alpha value is -2.76. The normalized spacial score (nSPS) is 19.1. The average Bonchev–Trinajstić information content (AvgIpc) is 3.44. The fourth-order valence-corrected chi connectivity index (χ4v) is 4.21. The first kappa shape index (κ1) is 15.5. The smallest absolute Gasteiger partial charge is 0.161 e. The molecule has 0 spiro atoms. The van der Waals surface area contributed by atoms with Crippen LogP contribution in [0.2, 0.25) is 0 Å². The van der Waals surface area contributed by atoms with E-state index < -0.39 is 0 Å². The summed E-state index contributed by atoms with van der Waals surface area (Å²) < 4.78 is 2.04. The molecule has 1 aliphatic carbocycles. The maximum absolute atomic E-state index is 5.03. The van der Waals surface area contributed by atoms with Crippen LogP contribution in [0.15, 0.2) is 43.0 Å². The van der Waals surface area contributed by atoms with Crippen LogP contribution < -0.4 is 4.90 Å². The van der Waals surface area contributed by atoms with Gasteiger partial charge in [-0.05, 0) is 50.3 Å². The Morgan fingerprint density at radius 3 is 2.81 bits per heavy atom. The van der Waals surface area contributed by atoms with Crippen molar-refractivity contribution in [3.63, 3.8) is 0 Å². The zero-order valence-electron chi connectivity index (χ0n) is 14.8. The summed E-state index contributed by atoms with van der Waals surface area (Å²) in [6.07, 6.45) is 13.2. The van der Waals surface area contributed by atoms with Crippen LogP contribution >= 0.6 is 0 Å². The maximum atomic E-state index is 5.03. The Balaban J connectivity index is 1.54. The van der Waals surface area contributed by atoms with E-state index in [0.29, 0.717) is 6.04 Å². The third kappa shape index (κ3) is 2.75. The van der Waals surface area contributed by atoms with Gasteiger partial charge in [0, 0.05) is 48.2 Å². The van der Waals surface area contributed by atoms with Gasteiger partial charge in [0.1, 0.15) is 5.82 Å². The number of pyridine rings is 1. The molecule has 132 valence electrons. The fourth-order valence-electron chi connectivity index (χ4n) is 4.21. The summed E-state index contributed by atoms with van der Waals surface area (Å²) in [6.45, 7) is 1.97. The van der Waals surface area contributed by atoms with Crippen LogP contribution in [0.25, 0.3) is 11.4 Å². The number of hydrogen-bond donors (Lipinski definition) is 0. The summed E-state index contributed by atoms with van der Waals surface area (Å²) >= 11 is 0. The molecule has 1 atom stereocenters. The van der Waals surface area contributed by atoms with Crippen LogP contribution in [0.1, 0.15) is 30.5 Å². The van der Waals surface area contributed by atoms with Crippen LogP contribution in [-0.2, 0) is 19.4 Å². The third-order valence-corrected chi connectivity index (χ3v) is 5.46. The highest BCUT2D eigenvalue weighted by molar-refractivity contribution is 5.61. The molecule has 0 radical (unpaired) electrons. The number of nitrogens with zero attached hydrogens (tertiary/aromatic N) is 6. The van der Waals surface area contributed by atoms with Gasteiger partial charge in [0.15, 0.2) is 5.82 Å². The van der Waals surface area contributed by atoms with E-state index in [1.807, 2.05) is 47.7 Å². The molecule has 3 aromatic heterocycles. The number of rotatable bonds is 4. The van der Waals surface area contributed by atoms with Gasteiger partial charge in [0.2, 0.25) is 0 Å². The second-order valence-electron chi connectivity index (χ2n) is 7.10. The van der Waals surface area contributed by atoms with Crippen molar-refractivity contribution in [2.75, 3.05) is 11.4 Å². The van der Waals surface area contributed by atoms with Gasteiger partial charge in [-0.1, -0.05) is 0 Å². The molecule has 0 aromatic carbocycles. The summed E-state index contributed by atoms with van der Waals surface area (Å²) in [7, 11) is 0. The molecule has 1 aliphatic heterocycles. The van der Waals surface area contributed by atoms with Crippen molar-refractivity contribution >= 4 is 5.82 Å². The van der Waals surface area contributed by atoms with Gasteiger partial charge in [-0.3, -0.25) is 9.67 Å². The highest BCUT2D eigenvalue weighted by Gasteiger charge is 2.31. The molecule has 4 heterocycles. The van der Waals surface area contributed by atoms with Gasteiger partial charge in [0.05, 0.1) is 12.6 Å². The lowest BCUT2D eigenvalue weighted by atomic mass is 10.1. The number of fused-ring (bicyclic) bond motifs is 1. The molecule has 5 rings (SSSR count). The van der Waals surface area contributed by atoms with E-state index in [0.717, 1.165) is 43.1 Å². The molecular weight excluding hydrogens is 324 g/mol. The highest BCUT2D eigenvalue weighted by atomic mass is 15.3. The van der Waals surface area contributed by atoms with E-state index in [2.05, 4.69) is 15.0 Å². The van der Waals surface area contributed by atoms with Gasteiger partial charge >= 0.3 is 0 Å². The van der Waals surface area contributed by atoms with E-state index >= 15 is 0 Å². The fraction of sp³-hybridized carbons (Fsp3) is 0.400. The van der Waals surface area contributed by atoms with Crippen LogP contribution in [0.4, 0.5) is 5.82 Å². The van der Waals surface area contributed by atoms with Gasteiger partial charge in [0.25, 0.3) is 0 Å². The molecule has 26 heavy (non-hydrogen) atoms. The minimum Gasteiger partial charge on any atom is -0.351 e. The predicted octanol–water partition coefficient (Wildman–Crippen LogP) is 2.89. The van der Waals surface area contributed by atoms with Crippen molar-refractivity contribution < 1.29 is 0 Å². The number of anilines is 1. The second kappa shape index (κ2) is 6.52. The van der Waals surface area contributed by atoms with Crippen molar-refractivity contribution in [1.29, 1.82) is 0 Å². The standard InChI is InChI=1S/C20H22N6/c1-5-17-18(6-1)23-19(15-7-10-21-11-8-15)24-20(17)26-13-2-4-16(26)14-25-12-3-9-22-25/h3,7-12,16H,1-2,4-6,13-14H2/t16-/m0/s1. The van der Waals surface area contributed by atoms with Crippen LogP contribution in [0.5, 0.6) is 0 Å². The number of hydrogen-bond acceptors (Lipinski definition) is 5. The van der Waals surface area contributed by atoms with Gasteiger partial charge in [-0.15, -0.1) is 0 Å². The SMILES string of the molecule is c1cnn(C[C@@H]2CCCN2c2nc(-c3ccncc3)nc3c2CCC3)c1. The lowest BCUT2D eigenvalue weighted by molar-refractivity contribution is 0.506. The molecule has 2 aliphatic rings. The lowest BCUT2D eigenvalue weighted by Gasteiger charge is -2.28. The van der Waals surface area contributed by atoms with Crippen molar-refractivity contribution in [2.45, 2.75) is 44.7 Å². The molecule has 6 nitrogen and oxygen atoms in total. The molecule has 0 N–H and O–H groups in total. The number of aromatic nitrogens is 5. The molecular formula is C20H22N6. The predicted molar refractivity (Wildman–Crippen MR) is 99.9 cm³/mol. The maximum Gasteiger partial charge on any atom is 0.161 e. The quantitative estimate of drug-likeness (QED) is 0.727. The zero-order valence-corrected chi connectivity index (χ0v) is 14.8. The summed E-state index contributed by atoms with van der Waals surface area (Å²) in [4.78, 5) is 16.5. The molecule has 3 aromatic rings. The van der Waals surface area contributed by atoms with Crippen molar-refractivity contribution in [3.05, 3.63) is 54.2 Å². The average molecular weight is 346 g/mol. The lowest BCUT2D eigenvalue weighted by Crippen LogP contribution is -2.34. The minimum absolute atomic E-state index is 0.444. The summed E-state index contributed by atoms with van der Waals surface area (Å²) in [6, 6.07) is 6.42. The molecule has 0 amide bonds. The second-order valence-corrected chi connectivity index (χ2v) is 7.10. The molecule has 6 heteroatoms. The summed E-state index contributed by atoms with van der Waals surface area (Å²) in [5.41, 5.74) is 3.63. The summed E-state index contributed by atoms with van der Waals surface area (Å²) in [5.74, 6) is 1.97. The Bertz CT molecular complexity index is 890. The Morgan fingerprint density at radius 2 is 1.96 bits per heavy atom. The van der Waals surface area contributed by atoms with E-state index in [1.165, 1.54) is 30.5 Å². The van der Waals surface area contributed by atoms with E-state index in [4.69, 9.17) is 9.97 Å². The van der Waals surface area contributed by atoms with E-state index in [1.54, 1.807) is 0 Å². The van der Waals surface area contributed by atoms with E-state index in [-0.39, 0.29) is 0 Å². The zero-order chi connectivity index (χ0) is 17.3. The Morgan fingerprint density at radius 1 is 1.04 bits per heavy atom. The third-order valence-electron chi connectivity index (χ3n) is 5.46. The molecule has 0 saturated carbocycles. The molecule has 0 bridgehead atoms. The van der Waals surface area contributed by atoms with Gasteiger partial charge in [-0.2, -0.15) is 5.10 Å². The first-order valence-electron chi connectivity index (χ1n) is 9.43. The Labute approximate surface area is 152 Å². The molecule has 0 unspecified atom stereocenters. The molecule has 1 fully saturated rings. The monoisotopic (exact) mass is 346 g/mol. The van der Waals surface area contributed by atoms with Crippen LogP contribution in [0, 0.1) is 0 Å². The van der Waals surface area contributed by atoms with Gasteiger partial charge < -0.3 is 4.90 Å². The highest BCUT2D eigenvalue weighted by Crippen LogP contribution is 2.35. The van der Waals surface area contributed by atoms with Crippen LogP contribution in [0.3, 0.4) is 0 Å². The summed E-state index contributed by atoms with van der Waals surface area (Å²) in [5, 5.41) is 4.40.